The number of hydrogen-bond donors (Lipinski definition) is 0. The van der Waals surface area contributed by atoms with Crippen LogP contribution >= 0.6 is 11.6 Å². The van der Waals surface area contributed by atoms with E-state index in [1.165, 1.54) is 38.5 Å². The summed E-state index contributed by atoms with van der Waals surface area (Å²) in [7, 11) is 0. The van der Waals surface area contributed by atoms with Crippen molar-refractivity contribution < 1.29 is 0 Å². The summed E-state index contributed by atoms with van der Waals surface area (Å²) in [5, 5.41) is 1.08. The molecule has 0 bridgehead atoms. The van der Waals surface area contributed by atoms with E-state index < -0.39 is 0 Å². The third-order valence-corrected chi connectivity index (χ3v) is 3.02. The van der Waals surface area contributed by atoms with E-state index in [1.807, 2.05) is 0 Å². The molecule has 1 aliphatic carbocycles. The fourth-order valence-corrected chi connectivity index (χ4v) is 2.00. The number of halogens is 1. The molecule has 0 radical (unpaired) electrons. The molecule has 1 unspecified atom stereocenters. The normalized spacial score (nSPS) is 23.8. The number of unbranched alkanes of at least 4 members (excludes halogenated alkanes) is 2. The third kappa shape index (κ3) is 3.62. The third-order valence-electron chi connectivity index (χ3n) is 2.68. The maximum atomic E-state index is 5.90. The first-order chi connectivity index (χ1) is 5.83. The molecule has 0 amide bonds. The van der Waals surface area contributed by atoms with Crippen LogP contribution in [0.3, 0.4) is 0 Å². The summed E-state index contributed by atoms with van der Waals surface area (Å²) in [6.07, 6.45) is 11.4. The Bertz CT molecular complexity index is 149. The number of allylic oxidation sites excluding steroid dienone is 2. The monoisotopic (exact) mass is 186 g/mol. The van der Waals surface area contributed by atoms with Crippen LogP contribution in [0.4, 0.5) is 0 Å². The number of hydrogen-bond acceptors (Lipinski definition) is 0. The Morgan fingerprint density at radius 2 is 2.33 bits per heavy atom. The molecule has 0 fully saturated rings. The minimum Gasteiger partial charge on any atom is -0.0895 e. The van der Waals surface area contributed by atoms with Gasteiger partial charge in [-0.2, -0.15) is 0 Å². The van der Waals surface area contributed by atoms with Gasteiger partial charge in [0.1, 0.15) is 0 Å². The molecule has 0 aliphatic heterocycles. The Morgan fingerprint density at radius 3 is 2.92 bits per heavy atom. The lowest BCUT2D eigenvalue weighted by Crippen LogP contribution is -2.03. The lowest BCUT2D eigenvalue weighted by atomic mass is 9.89. The lowest BCUT2D eigenvalue weighted by molar-refractivity contribution is 0.422. The minimum atomic E-state index is 0.930. The van der Waals surface area contributed by atoms with Crippen LogP contribution in [0.2, 0.25) is 0 Å². The van der Waals surface area contributed by atoms with Crippen molar-refractivity contribution in [2.75, 3.05) is 0 Å². The van der Waals surface area contributed by atoms with E-state index in [0.717, 1.165) is 17.4 Å². The van der Waals surface area contributed by atoms with E-state index in [4.69, 9.17) is 11.6 Å². The van der Waals surface area contributed by atoms with Gasteiger partial charge in [0.2, 0.25) is 0 Å². The van der Waals surface area contributed by atoms with Crippen molar-refractivity contribution in [3.8, 4) is 0 Å². The van der Waals surface area contributed by atoms with Crippen molar-refractivity contribution in [2.45, 2.75) is 51.9 Å². The van der Waals surface area contributed by atoms with Gasteiger partial charge >= 0.3 is 0 Å². The first kappa shape index (κ1) is 10.1. The van der Waals surface area contributed by atoms with Crippen LogP contribution < -0.4 is 0 Å². The van der Waals surface area contributed by atoms with Crippen LogP contribution in [0.15, 0.2) is 11.1 Å². The highest BCUT2D eigenvalue weighted by Crippen LogP contribution is 2.29. The molecule has 0 nitrogen and oxygen atoms in total. The molecule has 0 saturated carbocycles. The van der Waals surface area contributed by atoms with Gasteiger partial charge in [-0.25, -0.2) is 0 Å². The van der Waals surface area contributed by atoms with E-state index in [9.17, 15) is 0 Å². The Balaban J connectivity index is 2.10. The topological polar surface area (TPSA) is 0 Å². The SMILES string of the molecule is CCCCCC1CC=C(Cl)CC1. The molecule has 0 aromatic carbocycles. The summed E-state index contributed by atoms with van der Waals surface area (Å²) in [4.78, 5) is 0. The molecule has 0 saturated heterocycles. The Morgan fingerprint density at radius 1 is 1.50 bits per heavy atom. The summed E-state index contributed by atoms with van der Waals surface area (Å²) in [5.74, 6) is 0.930. The minimum absolute atomic E-state index is 0.930. The zero-order chi connectivity index (χ0) is 8.81. The molecule has 1 atom stereocenters. The molecule has 12 heavy (non-hydrogen) atoms. The summed E-state index contributed by atoms with van der Waals surface area (Å²) in [6, 6.07) is 0. The average molecular weight is 187 g/mol. The molecule has 1 aliphatic rings. The van der Waals surface area contributed by atoms with Gasteiger partial charge in [-0.15, -0.1) is 0 Å². The number of rotatable bonds is 4. The highest BCUT2D eigenvalue weighted by Gasteiger charge is 2.12. The molecule has 1 heteroatoms. The average Bonchev–Trinajstić information content (AvgIpc) is 2.09. The molecule has 0 N–H and O–H groups in total. The van der Waals surface area contributed by atoms with E-state index >= 15 is 0 Å². The zero-order valence-electron chi connectivity index (χ0n) is 7.98. The van der Waals surface area contributed by atoms with E-state index in [1.54, 1.807) is 0 Å². The van der Waals surface area contributed by atoms with E-state index in [-0.39, 0.29) is 0 Å². The molecule has 1 rings (SSSR count). The van der Waals surface area contributed by atoms with Gasteiger partial charge in [-0.1, -0.05) is 50.3 Å². The van der Waals surface area contributed by atoms with Crippen molar-refractivity contribution in [3.63, 3.8) is 0 Å². The van der Waals surface area contributed by atoms with Crippen molar-refractivity contribution in [3.05, 3.63) is 11.1 Å². The van der Waals surface area contributed by atoms with Gasteiger partial charge in [0.25, 0.3) is 0 Å². The summed E-state index contributed by atoms with van der Waals surface area (Å²) in [6.45, 7) is 2.26. The van der Waals surface area contributed by atoms with Crippen LogP contribution in [0.1, 0.15) is 51.9 Å². The molecular weight excluding hydrogens is 168 g/mol. The van der Waals surface area contributed by atoms with E-state index in [0.29, 0.717) is 0 Å². The van der Waals surface area contributed by atoms with E-state index in [2.05, 4.69) is 13.0 Å². The fourth-order valence-electron chi connectivity index (χ4n) is 1.80. The summed E-state index contributed by atoms with van der Waals surface area (Å²) < 4.78 is 0. The Hall–Kier alpha value is 0.0300. The summed E-state index contributed by atoms with van der Waals surface area (Å²) in [5.41, 5.74) is 0. The van der Waals surface area contributed by atoms with Crippen molar-refractivity contribution in [1.82, 2.24) is 0 Å². The van der Waals surface area contributed by atoms with Gasteiger partial charge in [-0.3, -0.25) is 0 Å². The van der Waals surface area contributed by atoms with Crippen molar-refractivity contribution >= 4 is 11.6 Å². The Kier molecular flexibility index (Phi) is 4.75. The highest BCUT2D eigenvalue weighted by atomic mass is 35.5. The molecule has 0 heterocycles. The first-order valence-corrected chi connectivity index (χ1v) is 5.55. The Labute approximate surface area is 81.0 Å². The predicted molar refractivity (Wildman–Crippen MR) is 55.4 cm³/mol. The standard InChI is InChI=1S/C11H19Cl/c1-2-3-4-5-10-6-8-11(12)9-7-10/h8,10H,2-7,9H2,1H3. The van der Waals surface area contributed by atoms with Gasteiger partial charge < -0.3 is 0 Å². The second-order valence-corrected chi connectivity index (χ2v) is 4.27. The van der Waals surface area contributed by atoms with Crippen LogP contribution in [-0.2, 0) is 0 Å². The maximum absolute atomic E-state index is 5.90. The van der Waals surface area contributed by atoms with Crippen LogP contribution in [0, 0.1) is 5.92 Å². The largest absolute Gasteiger partial charge is 0.0895 e. The molecule has 0 spiro atoms. The fraction of sp³-hybridized carbons (Fsp3) is 0.818. The van der Waals surface area contributed by atoms with Gasteiger partial charge in [-0.05, 0) is 25.2 Å². The van der Waals surface area contributed by atoms with Gasteiger partial charge in [0.15, 0.2) is 0 Å². The van der Waals surface area contributed by atoms with Crippen molar-refractivity contribution in [1.29, 1.82) is 0 Å². The molecule has 0 aromatic heterocycles. The zero-order valence-corrected chi connectivity index (χ0v) is 8.74. The molecule has 70 valence electrons. The quantitative estimate of drug-likeness (QED) is 0.568. The smallest absolute Gasteiger partial charge is 0.0141 e. The highest BCUT2D eigenvalue weighted by molar-refractivity contribution is 6.29. The van der Waals surface area contributed by atoms with Crippen molar-refractivity contribution in [2.24, 2.45) is 5.92 Å². The summed E-state index contributed by atoms with van der Waals surface area (Å²) >= 11 is 5.90. The van der Waals surface area contributed by atoms with Crippen LogP contribution in [0.5, 0.6) is 0 Å². The molecular formula is C11H19Cl. The first-order valence-electron chi connectivity index (χ1n) is 5.17. The lowest BCUT2D eigenvalue weighted by Gasteiger charge is -2.18. The molecule has 0 aromatic rings. The van der Waals surface area contributed by atoms with Crippen LogP contribution in [0.25, 0.3) is 0 Å². The van der Waals surface area contributed by atoms with Gasteiger partial charge in [0.05, 0.1) is 0 Å². The second-order valence-electron chi connectivity index (χ2n) is 3.79. The predicted octanol–water partition coefficient (Wildman–Crippen LogP) is 4.49. The van der Waals surface area contributed by atoms with Crippen LogP contribution in [-0.4, -0.2) is 0 Å². The van der Waals surface area contributed by atoms with Gasteiger partial charge in [0, 0.05) is 5.03 Å². The maximum Gasteiger partial charge on any atom is 0.0141 e. The second kappa shape index (κ2) is 5.64.